The summed E-state index contributed by atoms with van der Waals surface area (Å²) in [5.74, 6) is -0.261. The van der Waals surface area contributed by atoms with E-state index in [9.17, 15) is 13.2 Å². The van der Waals surface area contributed by atoms with Gasteiger partial charge in [-0.2, -0.15) is 0 Å². The molecule has 0 saturated heterocycles. The Morgan fingerprint density at radius 2 is 1.83 bits per heavy atom. The molecule has 0 radical (unpaired) electrons. The Morgan fingerprint density at radius 1 is 1.04 bits per heavy atom. The number of nitrogens with one attached hydrogen (secondary N) is 2. The Bertz CT molecular complexity index is 860. The molecule has 23 heavy (non-hydrogen) atoms. The Morgan fingerprint density at radius 3 is 2.61 bits per heavy atom. The van der Waals surface area contributed by atoms with Gasteiger partial charge in [0.25, 0.3) is 15.9 Å². The quantitative estimate of drug-likeness (QED) is 0.903. The third-order valence-corrected chi connectivity index (χ3v) is 5.36. The minimum atomic E-state index is -3.67. The van der Waals surface area contributed by atoms with E-state index in [1.54, 1.807) is 30.3 Å². The molecule has 3 rings (SSSR count). The molecule has 0 saturated carbocycles. The van der Waals surface area contributed by atoms with Gasteiger partial charge in [0.05, 0.1) is 4.90 Å². The van der Waals surface area contributed by atoms with Crippen LogP contribution in [0.4, 0.5) is 5.69 Å². The van der Waals surface area contributed by atoms with Gasteiger partial charge in [-0.25, -0.2) is 8.42 Å². The first-order valence-corrected chi connectivity index (χ1v) is 8.95. The first-order valence-electron chi connectivity index (χ1n) is 7.46. The van der Waals surface area contributed by atoms with Crippen LogP contribution in [0.15, 0.2) is 47.4 Å². The van der Waals surface area contributed by atoms with Crippen molar-refractivity contribution in [2.24, 2.45) is 0 Å². The molecular weight excluding hydrogens is 312 g/mol. The van der Waals surface area contributed by atoms with Crippen molar-refractivity contribution >= 4 is 21.6 Å². The third kappa shape index (κ3) is 3.22. The number of rotatable bonds is 4. The highest BCUT2D eigenvalue weighted by molar-refractivity contribution is 7.92. The van der Waals surface area contributed by atoms with Crippen LogP contribution in [0.5, 0.6) is 0 Å². The Kier molecular flexibility index (Phi) is 4.09. The normalized spacial score (nSPS) is 13.4. The van der Waals surface area contributed by atoms with Crippen molar-refractivity contribution < 1.29 is 13.2 Å². The average Bonchev–Trinajstić information content (AvgIpc) is 3.01. The highest BCUT2D eigenvalue weighted by Gasteiger charge is 2.19. The zero-order valence-electron chi connectivity index (χ0n) is 12.8. The number of anilines is 1. The number of carbonyl (C=O) groups is 1. The lowest BCUT2D eigenvalue weighted by molar-refractivity contribution is 0.0963. The summed E-state index contributed by atoms with van der Waals surface area (Å²) in [6, 6.07) is 11.7. The van der Waals surface area contributed by atoms with E-state index < -0.39 is 10.0 Å². The van der Waals surface area contributed by atoms with Gasteiger partial charge in [0.1, 0.15) is 0 Å². The molecule has 120 valence electrons. The SMILES string of the molecule is CNC(=O)c1cccc(NS(=O)(=O)c2ccc3c(c2)CCC3)c1. The standard InChI is InChI=1S/C17H18N2O3S/c1-18-17(20)14-6-3-7-15(10-14)19-23(21,22)16-9-8-12-4-2-5-13(12)11-16/h3,6-11,19H,2,4-5H2,1H3,(H,18,20). The summed E-state index contributed by atoms with van der Waals surface area (Å²) in [4.78, 5) is 11.9. The monoisotopic (exact) mass is 330 g/mol. The van der Waals surface area contributed by atoms with Crippen LogP contribution in [0.1, 0.15) is 27.9 Å². The van der Waals surface area contributed by atoms with Crippen molar-refractivity contribution in [3.63, 3.8) is 0 Å². The summed E-state index contributed by atoms with van der Waals surface area (Å²) >= 11 is 0. The van der Waals surface area contributed by atoms with Gasteiger partial charge in [0.15, 0.2) is 0 Å². The van der Waals surface area contributed by atoms with Crippen molar-refractivity contribution in [2.75, 3.05) is 11.8 Å². The van der Waals surface area contributed by atoms with Crippen LogP contribution in [0, 0.1) is 0 Å². The summed E-state index contributed by atoms with van der Waals surface area (Å²) in [6.45, 7) is 0. The third-order valence-electron chi connectivity index (χ3n) is 3.98. The lowest BCUT2D eigenvalue weighted by atomic mass is 10.1. The van der Waals surface area contributed by atoms with Crippen molar-refractivity contribution in [3.8, 4) is 0 Å². The first-order chi connectivity index (χ1) is 11.0. The van der Waals surface area contributed by atoms with Crippen molar-refractivity contribution in [1.82, 2.24) is 5.32 Å². The Labute approximate surface area is 135 Å². The van der Waals surface area contributed by atoms with Gasteiger partial charge in [0, 0.05) is 18.3 Å². The van der Waals surface area contributed by atoms with Gasteiger partial charge in [-0.3, -0.25) is 9.52 Å². The molecule has 2 N–H and O–H groups in total. The molecule has 0 fully saturated rings. The van der Waals surface area contributed by atoms with Crippen LogP contribution in [-0.2, 0) is 22.9 Å². The minimum Gasteiger partial charge on any atom is -0.355 e. The molecule has 5 nitrogen and oxygen atoms in total. The largest absolute Gasteiger partial charge is 0.355 e. The molecule has 1 amide bonds. The number of amides is 1. The van der Waals surface area contributed by atoms with E-state index in [2.05, 4.69) is 10.0 Å². The molecule has 0 aliphatic heterocycles. The highest BCUT2D eigenvalue weighted by atomic mass is 32.2. The fraction of sp³-hybridized carbons (Fsp3) is 0.235. The lowest BCUT2D eigenvalue weighted by Gasteiger charge is -2.10. The number of benzene rings is 2. The molecule has 0 atom stereocenters. The second-order valence-corrected chi connectivity index (χ2v) is 7.23. The molecule has 0 spiro atoms. The van der Waals surface area contributed by atoms with Crippen LogP contribution in [0.2, 0.25) is 0 Å². The molecule has 2 aromatic carbocycles. The lowest BCUT2D eigenvalue weighted by Crippen LogP contribution is -2.18. The van der Waals surface area contributed by atoms with Gasteiger partial charge in [-0.15, -0.1) is 0 Å². The first kappa shape index (κ1) is 15.6. The van der Waals surface area contributed by atoms with Crippen molar-refractivity contribution in [2.45, 2.75) is 24.2 Å². The number of carbonyl (C=O) groups excluding carboxylic acids is 1. The summed E-state index contributed by atoms with van der Waals surface area (Å²) in [5.41, 5.74) is 3.10. The molecular formula is C17H18N2O3S. The van der Waals surface area contributed by atoms with E-state index >= 15 is 0 Å². The maximum atomic E-state index is 12.5. The maximum absolute atomic E-state index is 12.5. The minimum absolute atomic E-state index is 0.253. The van der Waals surface area contributed by atoms with Crippen LogP contribution in [0.3, 0.4) is 0 Å². The molecule has 2 aromatic rings. The van der Waals surface area contributed by atoms with E-state index in [4.69, 9.17) is 0 Å². The topological polar surface area (TPSA) is 75.3 Å². The molecule has 6 heteroatoms. The molecule has 0 aromatic heterocycles. The summed E-state index contributed by atoms with van der Waals surface area (Å²) < 4.78 is 27.6. The number of hydrogen-bond acceptors (Lipinski definition) is 3. The number of aryl methyl sites for hydroxylation is 2. The fourth-order valence-corrected chi connectivity index (χ4v) is 3.90. The van der Waals surface area contributed by atoms with E-state index in [0.29, 0.717) is 11.3 Å². The Hall–Kier alpha value is -2.34. The van der Waals surface area contributed by atoms with E-state index in [-0.39, 0.29) is 10.8 Å². The van der Waals surface area contributed by atoms with Crippen molar-refractivity contribution in [3.05, 3.63) is 59.2 Å². The van der Waals surface area contributed by atoms with Gasteiger partial charge in [-0.1, -0.05) is 12.1 Å². The van der Waals surface area contributed by atoms with Crippen LogP contribution in [-0.4, -0.2) is 21.4 Å². The molecule has 0 unspecified atom stereocenters. The van der Waals surface area contributed by atoms with E-state index in [1.807, 2.05) is 6.07 Å². The summed E-state index contributed by atoms with van der Waals surface area (Å²) in [7, 11) is -2.13. The predicted octanol–water partition coefficient (Wildman–Crippen LogP) is 2.34. The molecule has 1 aliphatic rings. The van der Waals surface area contributed by atoms with Gasteiger partial charge in [-0.05, 0) is 60.7 Å². The molecule has 0 heterocycles. The number of fused-ring (bicyclic) bond motifs is 1. The van der Waals surface area contributed by atoms with Crippen LogP contribution >= 0.6 is 0 Å². The number of sulfonamides is 1. The molecule has 0 bridgehead atoms. The van der Waals surface area contributed by atoms with Gasteiger partial charge >= 0.3 is 0 Å². The van der Waals surface area contributed by atoms with Gasteiger partial charge < -0.3 is 5.32 Å². The smallest absolute Gasteiger partial charge is 0.261 e. The van der Waals surface area contributed by atoms with Gasteiger partial charge in [0.2, 0.25) is 0 Å². The second kappa shape index (κ2) is 6.04. The predicted molar refractivity (Wildman–Crippen MR) is 89.1 cm³/mol. The Balaban J connectivity index is 1.88. The zero-order chi connectivity index (χ0) is 16.4. The number of hydrogen-bond donors (Lipinski definition) is 2. The summed E-state index contributed by atoms with van der Waals surface area (Å²) in [5, 5.41) is 2.52. The molecule has 1 aliphatic carbocycles. The summed E-state index contributed by atoms with van der Waals surface area (Å²) in [6.07, 6.45) is 3.00. The highest BCUT2D eigenvalue weighted by Crippen LogP contribution is 2.26. The maximum Gasteiger partial charge on any atom is 0.261 e. The fourth-order valence-electron chi connectivity index (χ4n) is 2.80. The zero-order valence-corrected chi connectivity index (χ0v) is 13.6. The van der Waals surface area contributed by atoms with E-state index in [1.165, 1.54) is 18.7 Å². The van der Waals surface area contributed by atoms with E-state index in [0.717, 1.165) is 24.8 Å². The van der Waals surface area contributed by atoms with Crippen LogP contribution in [0.25, 0.3) is 0 Å². The van der Waals surface area contributed by atoms with Crippen molar-refractivity contribution in [1.29, 1.82) is 0 Å². The average molecular weight is 330 g/mol. The van der Waals surface area contributed by atoms with Crippen LogP contribution < -0.4 is 10.0 Å². The second-order valence-electron chi connectivity index (χ2n) is 5.55.